The predicted octanol–water partition coefficient (Wildman–Crippen LogP) is 4.19. The van der Waals surface area contributed by atoms with Crippen LogP contribution in [0.25, 0.3) is 23.1 Å². The van der Waals surface area contributed by atoms with Crippen LogP contribution in [0, 0.1) is 0 Å². The summed E-state index contributed by atoms with van der Waals surface area (Å²) in [6.45, 7) is 7.64. The van der Waals surface area contributed by atoms with Crippen LogP contribution in [0.4, 0.5) is 0 Å². The van der Waals surface area contributed by atoms with Crippen molar-refractivity contribution in [1.82, 2.24) is 9.97 Å². The van der Waals surface area contributed by atoms with Crippen molar-refractivity contribution in [2.45, 2.75) is 6.42 Å². The molecule has 3 rings (SSSR count). The number of aromatic nitrogens is 2. The lowest BCUT2D eigenvalue weighted by Crippen LogP contribution is -1.93. The average Bonchev–Trinajstić information content (AvgIpc) is 3.07. The topological polar surface area (TPSA) is 48.6 Å². The predicted molar refractivity (Wildman–Crippen MR) is 87.5 cm³/mol. The van der Waals surface area contributed by atoms with Crippen molar-refractivity contribution in [3.8, 4) is 0 Å². The van der Waals surface area contributed by atoms with Gasteiger partial charge < -0.3 is 9.97 Å². The number of aromatic amines is 2. The van der Waals surface area contributed by atoms with E-state index in [1.54, 1.807) is 6.08 Å². The Balaban J connectivity index is 2.10. The number of hydrogen-bond donors (Lipinski definition) is 2. The highest BCUT2D eigenvalue weighted by Gasteiger charge is 2.13. The van der Waals surface area contributed by atoms with E-state index in [2.05, 4.69) is 23.1 Å². The molecule has 0 unspecified atom stereocenters. The number of carbonyl (C=O) groups excluding carboxylic acids is 1. The molecule has 2 N–H and O–H groups in total. The van der Waals surface area contributed by atoms with Crippen molar-refractivity contribution in [3.63, 3.8) is 0 Å². The van der Waals surface area contributed by atoms with Crippen LogP contribution in [0.1, 0.15) is 32.9 Å². The van der Waals surface area contributed by atoms with Crippen molar-refractivity contribution >= 4 is 29.3 Å². The minimum Gasteiger partial charge on any atom is -0.361 e. The first-order chi connectivity index (χ1) is 10.3. The average molecular weight is 276 g/mol. The maximum atomic E-state index is 11.4. The summed E-state index contributed by atoms with van der Waals surface area (Å²) in [5.74, 6) is 0. The fraction of sp³-hybridized carbons (Fsp3) is 0.0556. The highest BCUT2D eigenvalue weighted by Crippen LogP contribution is 2.25. The van der Waals surface area contributed by atoms with Gasteiger partial charge in [-0.25, -0.2) is 0 Å². The summed E-state index contributed by atoms with van der Waals surface area (Å²) in [7, 11) is 0. The van der Waals surface area contributed by atoms with Gasteiger partial charge in [0.25, 0.3) is 0 Å². The summed E-state index contributed by atoms with van der Waals surface area (Å²) in [6.07, 6.45) is 7.09. The van der Waals surface area contributed by atoms with Crippen LogP contribution in [0.3, 0.4) is 0 Å². The van der Waals surface area contributed by atoms with Gasteiger partial charge in [0.05, 0.1) is 0 Å². The maximum absolute atomic E-state index is 11.4. The Bertz CT molecular complexity index is 836. The first-order valence-electron chi connectivity index (χ1n) is 6.78. The zero-order chi connectivity index (χ0) is 14.8. The molecule has 0 fully saturated rings. The van der Waals surface area contributed by atoms with Gasteiger partial charge in [-0.3, -0.25) is 4.79 Å². The van der Waals surface area contributed by atoms with E-state index < -0.39 is 0 Å². The molecule has 2 heterocycles. The van der Waals surface area contributed by atoms with Crippen LogP contribution in [0.5, 0.6) is 0 Å². The number of fused-ring (bicyclic) bond motifs is 1. The first-order valence-corrected chi connectivity index (χ1v) is 6.78. The van der Waals surface area contributed by atoms with E-state index in [0.717, 1.165) is 45.3 Å². The molecule has 0 radical (unpaired) electrons. The zero-order valence-corrected chi connectivity index (χ0v) is 11.6. The Morgan fingerprint density at radius 1 is 1.10 bits per heavy atom. The monoisotopic (exact) mass is 276 g/mol. The fourth-order valence-corrected chi connectivity index (χ4v) is 2.73. The Labute approximate surface area is 123 Å². The van der Waals surface area contributed by atoms with Crippen LogP contribution in [-0.2, 0) is 6.42 Å². The van der Waals surface area contributed by atoms with Crippen LogP contribution >= 0.6 is 0 Å². The molecule has 0 aliphatic carbocycles. The highest BCUT2D eigenvalue weighted by atomic mass is 16.1. The molecule has 3 aromatic rings. The first kappa shape index (κ1) is 13.2. The van der Waals surface area contributed by atoms with Gasteiger partial charge in [0.2, 0.25) is 0 Å². The number of para-hydroxylation sites is 1. The summed E-state index contributed by atoms with van der Waals surface area (Å²) < 4.78 is 0. The SMILES string of the molecule is C=Cc1[nH]cc(Cc2[nH]c3ccccc3c2C=O)c1C=C. The lowest BCUT2D eigenvalue weighted by atomic mass is 10.0. The quantitative estimate of drug-likeness (QED) is 0.675. The minimum atomic E-state index is 0.647. The molecule has 0 aliphatic heterocycles. The van der Waals surface area contributed by atoms with Gasteiger partial charge >= 0.3 is 0 Å². The van der Waals surface area contributed by atoms with Gasteiger partial charge in [0, 0.05) is 46.0 Å². The molecule has 1 aromatic carbocycles. The normalized spacial score (nSPS) is 10.7. The van der Waals surface area contributed by atoms with E-state index in [1.165, 1.54) is 0 Å². The Morgan fingerprint density at radius 2 is 1.90 bits per heavy atom. The molecular weight excluding hydrogens is 260 g/mol. The number of rotatable bonds is 5. The van der Waals surface area contributed by atoms with Crippen LogP contribution in [0.2, 0.25) is 0 Å². The van der Waals surface area contributed by atoms with E-state index in [0.29, 0.717) is 6.42 Å². The number of H-pyrrole nitrogens is 2. The van der Waals surface area contributed by atoms with Crippen LogP contribution in [-0.4, -0.2) is 16.3 Å². The third-order valence-corrected chi connectivity index (χ3v) is 3.76. The number of nitrogens with one attached hydrogen (secondary N) is 2. The summed E-state index contributed by atoms with van der Waals surface area (Å²) in [5.41, 5.74) is 5.69. The molecule has 0 aliphatic rings. The molecular formula is C18H16N2O. The largest absolute Gasteiger partial charge is 0.361 e. The van der Waals surface area contributed by atoms with Gasteiger partial charge in [-0.1, -0.05) is 37.4 Å². The van der Waals surface area contributed by atoms with E-state index in [-0.39, 0.29) is 0 Å². The second-order valence-electron chi connectivity index (χ2n) is 4.91. The van der Waals surface area contributed by atoms with Crippen molar-refractivity contribution in [1.29, 1.82) is 0 Å². The number of aldehydes is 1. The third-order valence-electron chi connectivity index (χ3n) is 3.76. The smallest absolute Gasteiger partial charge is 0.152 e. The molecule has 0 bridgehead atoms. The Kier molecular flexibility index (Phi) is 3.32. The molecule has 0 saturated heterocycles. The molecule has 0 saturated carbocycles. The van der Waals surface area contributed by atoms with E-state index in [9.17, 15) is 4.79 Å². The van der Waals surface area contributed by atoms with Gasteiger partial charge in [-0.15, -0.1) is 0 Å². The lowest BCUT2D eigenvalue weighted by Gasteiger charge is -2.01. The molecule has 0 atom stereocenters. The van der Waals surface area contributed by atoms with Crippen molar-refractivity contribution in [3.05, 3.63) is 71.7 Å². The second-order valence-corrected chi connectivity index (χ2v) is 4.91. The van der Waals surface area contributed by atoms with E-state index in [4.69, 9.17) is 0 Å². The molecule has 0 amide bonds. The summed E-state index contributed by atoms with van der Waals surface area (Å²) in [5, 5.41) is 0.960. The molecule has 0 spiro atoms. The summed E-state index contributed by atoms with van der Waals surface area (Å²) >= 11 is 0. The number of benzene rings is 1. The fourth-order valence-electron chi connectivity index (χ4n) is 2.73. The lowest BCUT2D eigenvalue weighted by molar-refractivity contribution is 0.112. The van der Waals surface area contributed by atoms with Gasteiger partial charge in [-0.2, -0.15) is 0 Å². The van der Waals surface area contributed by atoms with Crippen LogP contribution in [0.15, 0.2) is 43.6 Å². The van der Waals surface area contributed by atoms with E-state index >= 15 is 0 Å². The van der Waals surface area contributed by atoms with Gasteiger partial charge in [0.1, 0.15) is 0 Å². The second kappa shape index (κ2) is 5.29. The molecule has 3 nitrogen and oxygen atoms in total. The highest BCUT2D eigenvalue weighted by molar-refractivity contribution is 5.99. The zero-order valence-electron chi connectivity index (χ0n) is 11.6. The molecule has 21 heavy (non-hydrogen) atoms. The van der Waals surface area contributed by atoms with E-state index in [1.807, 2.05) is 36.5 Å². The molecule has 104 valence electrons. The summed E-state index contributed by atoms with van der Waals surface area (Å²) in [6, 6.07) is 7.83. The van der Waals surface area contributed by atoms with Crippen molar-refractivity contribution in [2.24, 2.45) is 0 Å². The third kappa shape index (κ3) is 2.13. The van der Waals surface area contributed by atoms with Crippen molar-refractivity contribution in [2.75, 3.05) is 0 Å². The standard InChI is InChI=1S/C18H16N2O/c1-3-13-12(10-19-16(13)4-2)9-18-15(11-21)14-7-5-6-8-17(14)20-18/h3-8,10-11,19-20H,1-2,9H2. The van der Waals surface area contributed by atoms with Crippen molar-refractivity contribution < 1.29 is 4.79 Å². The number of carbonyl (C=O) groups is 1. The summed E-state index contributed by atoms with van der Waals surface area (Å²) in [4.78, 5) is 18.0. The maximum Gasteiger partial charge on any atom is 0.152 e. The molecule has 2 aromatic heterocycles. The minimum absolute atomic E-state index is 0.647. The van der Waals surface area contributed by atoms with Gasteiger partial charge in [-0.05, 0) is 17.7 Å². The van der Waals surface area contributed by atoms with Gasteiger partial charge in [0.15, 0.2) is 6.29 Å². The number of hydrogen-bond acceptors (Lipinski definition) is 1. The van der Waals surface area contributed by atoms with Crippen LogP contribution < -0.4 is 0 Å². The molecule has 3 heteroatoms. The Hall–Kier alpha value is -2.81. The Morgan fingerprint density at radius 3 is 2.62 bits per heavy atom.